The Morgan fingerprint density at radius 2 is 1.87 bits per heavy atom. The Kier molecular flexibility index (Phi) is 4.83. The van der Waals surface area contributed by atoms with Crippen LogP contribution < -0.4 is 0 Å². The van der Waals surface area contributed by atoms with Gasteiger partial charge in [-0.2, -0.15) is 4.98 Å². The van der Waals surface area contributed by atoms with E-state index in [0.717, 1.165) is 25.7 Å². The molecule has 3 aliphatic rings. The highest BCUT2D eigenvalue weighted by atomic mass is 16.5. The molecule has 2 aliphatic heterocycles. The lowest BCUT2D eigenvalue weighted by Crippen LogP contribution is -2.41. The third kappa shape index (κ3) is 3.50. The number of likely N-dealkylation sites (tertiary alicyclic amines) is 2. The van der Waals surface area contributed by atoms with Gasteiger partial charge in [0.05, 0.1) is 5.41 Å². The van der Waals surface area contributed by atoms with Gasteiger partial charge >= 0.3 is 0 Å². The van der Waals surface area contributed by atoms with Crippen molar-refractivity contribution in [3.8, 4) is 0 Å². The zero-order chi connectivity index (χ0) is 20.7. The minimum atomic E-state index is -0.430. The van der Waals surface area contributed by atoms with E-state index < -0.39 is 5.41 Å². The molecule has 2 aromatic rings. The van der Waals surface area contributed by atoms with E-state index in [1.807, 2.05) is 34.9 Å². The van der Waals surface area contributed by atoms with Crippen LogP contribution >= 0.6 is 0 Å². The molecular weight excluding hydrogens is 380 g/mol. The number of fused-ring (bicyclic) bond motifs is 1. The maximum atomic E-state index is 13.0. The van der Waals surface area contributed by atoms with Crippen LogP contribution in [-0.2, 0) is 21.4 Å². The molecule has 1 saturated carbocycles. The molecule has 0 unspecified atom stereocenters. The molecule has 0 bridgehead atoms. The zero-order valence-electron chi connectivity index (χ0n) is 17.4. The first-order valence-electron chi connectivity index (χ1n) is 11.0. The predicted octanol–water partition coefficient (Wildman–Crippen LogP) is 2.35. The van der Waals surface area contributed by atoms with Crippen molar-refractivity contribution in [1.29, 1.82) is 0 Å². The molecular formula is C23H28N4O3. The van der Waals surface area contributed by atoms with Gasteiger partial charge in [-0.05, 0) is 38.2 Å². The molecule has 2 saturated heterocycles. The van der Waals surface area contributed by atoms with Crippen molar-refractivity contribution in [2.24, 2.45) is 11.8 Å². The average Bonchev–Trinajstić information content (AvgIpc) is 3.24. The van der Waals surface area contributed by atoms with Gasteiger partial charge in [0.2, 0.25) is 17.7 Å². The third-order valence-electron chi connectivity index (χ3n) is 6.85. The van der Waals surface area contributed by atoms with Gasteiger partial charge in [0.1, 0.15) is 0 Å². The van der Waals surface area contributed by atoms with Crippen molar-refractivity contribution in [3.05, 3.63) is 47.6 Å². The van der Waals surface area contributed by atoms with Crippen LogP contribution in [0.5, 0.6) is 0 Å². The van der Waals surface area contributed by atoms with E-state index in [1.165, 1.54) is 5.56 Å². The summed E-state index contributed by atoms with van der Waals surface area (Å²) in [6, 6.07) is 10.3. The molecule has 0 N–H and O–H groups in total. The van der Waals surface area contributed by atoms with Gasteiger partial charge in [-0.3, -0.25) is 9.59 Å². The molecule has 2 atom stereocenters. The molecule has 3 fully saturated rings. The van der Waals surface area contributed by atoms with Crippen molar-refractivity contribution in [2.75, 3.05) is 26.2 Å². The Hall–Kier alpha value is -2.70. The van der Waals surface area contributed by atoms with Crippen LogP contribution in [0, 0.1) is 18.8 Å². The summed E-state index contributed by atoms with van der Waals surface area (Å²) in [5, 5.41) is 3.99. The Labute approximate surface area is 176 Å². The van der Waals surface area contributed by atoms with Gasteiger partial charge in [0.15, 0.2) is 5.82 Å². The van der Waals surface area contributed by atoms with Crippen molar-refractivity contribution >= 4 is 11.8 Å². The maximum absolute atomic E-state index is 13.0. The van der Waals surface area contributed by atoms with E-state index in [0.29, 0.717) is 44.3 Å². The van der Waals surface area contributed by atoms with Gasteiger partial charge in [0, 0.05) is 44.4 Å². The molecule has 1 aromatic heterocycles. The van der Waals surface area contributed by atoms with Gasteiger partial charge in [-0.25, -0.2) is 0 Å². The lowest BCUT2D eigenvalue weighted by molar-refractivity contribution is -0.132. The smallest absolute Gasteiger partial charge is 0.236 e. The number of hydrogen-bond acceptors (Lipinski definition) is 5. The molecule has 2 amide bonds. The summed E-state index contributed by atoms with van der Waals surface area (Å²) in [6.07, 6.45) is 4.27. The fourth-order valence-corrected chi connectivity index (χ4v) is 5.06. The van der Waals surface area contributed by atoms with Crippen LogP contribution in [0.15, 0.2) is 34.9 Å². The number of aromatic nitrogens is 2. The number of aryl methyl sites for hydroxylation is 2. The first-order valence-corrected chi connectivity index (χ1v) is 11.0. The van der Waals surface area contributed by atoms with E-state index >= 15 is 0 Å². The number of hydrogen-bond donors (Lipinski definition) is 0. The van der Waals surface area contributed by atoms with Gasteiger partial charge in [0.25, 0.3) is 0 Å². The standard InChI is InChI=1S/C23H28N4O3/c1-16-24-22(30-25-16)23-14-26(20(28)9-5-8-17-6-3-2-4-7-17)12-19(23)13-27(15-23)21(29)18-10-11-18/h2-4,6-7,18-19H,5,8-15H2,1H3/t19-,23-/m0/s1. The first kappa shape index (κ1) is 19.3. The summed E-state index contributed by atoms with van der Waals surface area (Å²) in [6.45, 7) is 4.26. The molecule has 0 radical (unpaired) electrons. The predicted molar refractivity (Wildman–Crippen MR) is 109 cm³/mol. The van der Waals surface area contributed by atoms with Crippen LogP contribution in [-0.4, -0.2) is 57.9 Å². The SMILES string of the molecule is Cc1noc([C@]23CN(C(=O)CCCc4ccccc4)C[C@H]2CN(C(=O)C2CC2)C3)n1. The monoisotopic (exact) mass is 408 g/mol. The molecule has 30 heavy (non-hydrogen) atoms. The topological polar surface area (TPSA) is 79.5 Å². The highest BCUT2D eigenvalue weighted by Crippen LogP contribution is 2.46. The molecule has 7 nitrogen and oxygen atoms in total. The number of nitrogens with zero attached hydrogens (tertiary/aromatic N) is 4. The molecule has 7 heteroatoms. The molecule has 3 heterocycles. The van der Waals surface area contributed by atoms with E-state index in [2.05, 4.69) is 22.3 Å². The summed E-state index contributed by atoms with van der Waals surface area (Å²) in [7, 11) is 0. The largest absolute Gasteiger partial charge is 0.341 e. The van der Waals surface area contributed by atoms with Crippen molar-refractivity contribution in [2.45, 2.75) is 44.4 Å². The van der Waals surface area contributed by atoms with Crippen LogP contribution in [0.3, 0.4) is 0 Å². The van der Waals surface area contributed by atoms with E-state index in [4.69, 9.17) is 4.52 Å². The highest BCUT2D eigenvalue weighted by Gasteiger charge is 2.59. The van der Waals surface area contributed by atoms with Crippen LogP contribution in [0.2, 0.25) is 0 Å². The number of amides is 2. The van der Waals surface area contributed by atoms with E-state index in [9.17, 15) is 9.59 Å². The molecule has 158 valence electrons. The van der Waals surface area contributed by atoms with Crippen LogP contribution in [0.4, 0.5) is 0 Å². The summed E-state index contributed by atoms with van der Waals surface area (Å²) in [5.74, 6) is 1.95. The normalized spacial score (nSPS) is 25.6. The zero-order valence-corrected chi connectivity index (χ0v) is 17.4. The summed E-state index contributed by atoms with van der Waals surface area (Å²) >= 11 is 0. The number of rotatable bonds is 6. The van der Waals surface area contributed by atoms with Crippen molar-refractivity contribution in [3.63, 3.8) is 0 Å². The summed E-state index contributed by atoms with van der Waals surface area (Å²) < 4.78 is 5.59. The first-order chi connectivity index (χ1) is 14.5. The minimum absolute atomic E-state index is 0.151. The maximum Gasteiger partial charge on any atom is 0.236 e. The van der Waals surface area contributed by atoms with E-state index in [1.54, 1.807) is 0 Å². The number of benzene rings is 1. The summed E-state index contributed by atoms with van der Waals surface area (Å²) in [4.78, 5) is 34.1. The van der Waals surface area contributed by atoms with Gasteiger partial charge < -0.3 is 14.3 Å². The van der Waals surface area contributed by atoms with Crippen molar-refractivity contribution < 1.29 is 14.1 Å². The second-order valence-electron chi connectivity index (χ2n) is 9.11. The number of carbonyl (C=O) groups excluding carboxylic acids is 2. The molecule has 5 rings (SSSR count). The second kappa shape index (κ2) is 7.52. The van der Waals surface area contributed by atoms with Crippen LogP contribution in [0.1, 0.15) is 43.0 Å². The Morgan fingerprint density at radius 1 is 1.13 bits per heavy atom. The lowest BCUT2D eigenvalue weighted by atomic mass is 9.81. The third-order valence-corrected chi connectivity index (χ3v) is 6.85. The minimum Gasteiger partial charge on any atom is -0.341 e. The van der Waals surface area contributed by atoms with Gasteiger partial charge in [-0.1, -0.05) is 35.5 Å². The lowest BCUT2D eigenvalue weighted by Gasteiger charge is -2.26. The quantitative estimate of drug-likeness (QED) is 0.733. The summed E-state index contributed by atoms with van der Waals surface area (Å²) in [5.41, 5.74) is 0.830. The molecule has 0 spiro atoms. The fourth-order valence-electron chi connectivity index (χ4n) is 5.06. The number of carbonyl (C=O) groups is 2. The van der Waals surface area contributed by atoms with Crippen LogP contribution in [0.25, 0.3) is 0 Å². The second-order valence-corrected chi connectivity index (χ2v) is 9.11. The Morgan fingerprint density at radius 3 is 2.57 bits per heavy atom. The highest BCUT2D eigenvalue weighted by molar-refractivity contribution is 5.82. The molecule has 1 aromatic carbocycles. The van der Waals surface area contributed by atoms with Crippen molar-refractivity contribution in [1.82, 2.24) is 19.9 Å². The Balaban J connectivity index is 1.27. The average molecular weight is 409 g/mol. The molecule has 1 aliphatic carbocycles. The Bertz CT molecular complexity index is 939. The van der Waals surface area contributed by atoms with E-state index in [-0.39, 0.29) is 23.7 Å². The van der Waals surface area contributed by atoms with Gasteiger partial charge in [-0.15, -0.1) is 0 Å². The fraction of sp³-hybridized carbons (Fsp3) is 0.565.